The molecule has 0 spiro atoms. The van der Waals surface area contributed by atoms with E-state index in [0.717, 1.165) is 5.56 Å². The summed E-state index contributed by atoms with van der Waals surface area (Å²) >= 11 is 5.72. The Morgan fingerprint density at radius 2 is 1.95 bits per heavy atom. The van der Waals surface area contributed by atoms with Crippen LogP contribution < -0.4 is 5.32 Å². The van der Waals surface area contributed by atoms with E-state index in [9.17, 15) is 9.59 Å². The molecule has 1 heterocycles. The summed E-state index contributed by atoms with van der Waals surface area (Å²) in [6.07, 6.45) is 1.75. The quantitative estimate of drug-likeness (QED) is 0.890. The molecule has 0 aliphatic rings. The minimum Gasteiger partial charge on any atom is -0.481 e. The zero-order valence-corrected chi connectivity index (χ0v) is 11.8. The normalized spacial score (nSPS) is 10.1. The van der Waals surface area contributed by atoms with Crippen molar-refractivity contribution in [2.75, 3.05) is 5.32 Å². The number of anilines is 1. The Kier molecular flexibility index (Phi) is 4.90. The first-order valence-corrected chi connectivity index (χ1v) is 6.66. The number of para-hydroxylation sites is 1. The number of carboxylic acid groups (broad SMARTS) is 1. The van der Waals surface area contributed by atoms with Crippen molar-refractivity contribution in [2.24, 2.45) is 0 Å². The number of aryl methyl sites for hydroxylation is 1. The number of aliphatic carboxylic acids is 1. The lowest BCUT2D eigenvalue weighted by Gasteiger charge is -2.10. The topological polar surface area (TPSA) is 79.3 Å². The molecule has 108 valence electrons. The number of hydrogen-bond donors (Lipinski definition) is 2. The van der Waals surface area contributed by atoms with Gasteiger partial charge in [0.25, 0.3) is 5.91 Å². The average Bonchev–Trinajstić information content (AvgIpc) is 2.47. The van der Waals surface area contributed by atoms with Crippen molar-refractivity contribution in [2.45, 2.75) is 12.8 Å². The van der Waals surface area contributed by atoms with Gasteiger partial charge in [-0.15, -0.1) is 0 Å². The Bertz CT molecular complexity index is 656. The Morgan fingerprint density at radius 3 is 2.62 bits per heavy atom. The number of aromatic nitrogens is 1. The highest BCUT2D eigenvalue weighted by Gasteiger charge is 2.10. The van der Waals surface area contributed by atoms with E-state index in [2.05, 4.69) is 10.3 Å². The molecule has 0 saturated carbocycles. The van der Waals surface area contributed by atoms with Crippen LogP contribution in [0.25, 0.3) is 0 Å². The molecule has 1 amide bonds. The summed E-state index contributed by atoms with van der Waals surface area (Å²) in [5.74, 6) is -1.25. The van der Waals surface area contributed by atoms with Crippen molar-refractivity contribution in [1.29, 1.82) is 0 Å². The molecule has 0 aliphatic carbocycles. The number of halogens is 1. The highest BCUT2D eigenvalue weighted by molar-refractivity contribution is 6.30. The number of benzene rings is 1. The zero-order valence-electron chi connectivity index (χ0n) is 11.0. The van der Waals surface area contributed by atoms with Crippen LogP contribution in [0.2, 0.25) is 5.02 Å². The fourth-order valence-corrected chi connectivity index (χ4v) is 1.91. The first-order valence-electron chi connectivity index (χ1n) is 6.29. The summed E-state index contributed by atoms with van der Waals surface area (Å²) in [5.41, 5.74) is 1.59. The van der Waals surface area contributed by atoms with E-state index in [-0.39, 0.29) is 18.0 Å². The van der Waals surface area contributed by atoms with E-state index >= 15 is 0 Å². The highest BCUT2D eigenvalue weighted by Crippen LogP contribution is 2.18. The lowest BCUT2D eigenvalue weighted by atomic mass is 10.1. The maximum absolute atomic E-state index is 12.1. The van der Waals surface area contributed by atoms with Gasteiger partial charge in [-0.3, -0.25) is 9.59 Å². The van der Waals surface area contributed by atoms with Gasteiger partial charge in [-0.2, -0.15) is 0 Å². The molecule has 0 saturated heterocycles. The fraction of sp³-hybridized carbons (Fsp3) is 0.133. The predicted molar refractivity (Wildman–Crippen MR) is 79.6 cm³/mol. The van der Waals surface area contributed by atoms with Crippen molar-refractivity contribution in [1.82, 2.24) is 4.98 Å². The molecule has 6 heteroatoms. The Balaban J connectivity index is 2.13. The number of nitrogens with zero attached hydrogens (tertiary/aromatic N) is 1. The number of rotatable bonds is 5. The summed E-state index contributed by atoms with van der Waals surface area (Å²) in [4.78, 5) is 26.7. The minimum absolute atomic E-state index is 0.00603. The van der Waals surface area contributed by atoms with Crippen molar-refractivity contribution >= 4 is 29.2 Å². The number of carboxylic acids is 1. The van der Waals surface area contributed by atoms with Crippen LogP contribution in [0.3, 0.4) is 0 Å². The van der Waals surface area contributed by atoms with E-state index in [1.165, 1.54) is 12.3 Å². The van der Waals surface area contributed by atoms with Gasteiger partial charge in [-0.25, -0.2) is 4.98 Å². The second-order valence-corrected chi connectivity index (χ2v) is 4.80. The number of carbonyl (C=O) groups is 2. The third-order valence-electron chi connectivity index (χ3n) is 2.83. The summed E-state index contributed by atoms with van der Waals surface area (Å²) < 4.78 is 0. The lowest BCUT2D eigenvalue weighted by Crippen LogP contribution is -2.15. The van der Waals surface area contributed by atoms with Crippen molar-refractivity contribution < 1.29 is 14.7 Å². The number of pyridine rings is 1. The first kappa shape index (κ1) is 15.0. The van der Waals surface area contributed by atoms with E-state index in [0.29, 0.717) is 17.1 Å². The van der Waals surface area contributed by atoms with Crippen LogP contribution in [0, 0.1) is 0 Å². The summed E-state index contributed by atoms with van der Waals surface area (Å²) in [6.45, 7) is 0. The Labute approximate surface area is 126 Å². The Morgan fingerprint density at radius 1 is 1.19 bits per heavy atom. The van der Waals surface area contributed by atoms with Crippen molar-refractivity contribution in [3.8, 4) is 0 Å². The molecule has 21 heavy (non-hydrogen) atoms. The van der Waals surface area contributed by atoms with Gasteiger partial charge in [0.2, 0.25) is 0 Å². The van der Waals surface area contributed by atoms with Crippen LogP contribution >= 0.6 is 11.6 Å². The molecular weight excluding hydrogens is 292 g/mol. The molecule has 0 bridgehead atoms. The van der Waals surface area contributed by atoms with E-state index in [1.54, 1.807) is 30.3 Å². The average molecular weight is 305 g/mol. The van der Waals surface area contributed by atoms with E-state index in [4.69, 9.17) is 16.7 Å². The molecule has 0 fully saturated rings. The fourth-order valence-electron chi connectivity index (χ4n) is 1.80. The van der Waals surface area contributed by atoms with Crippen LogP contribution in [0.1, 0.15) is 22.5 Å². The molecule has 0 unspecified atom stereocenters. The van der Waals surface area contributed by atoms with Gasteiger partial charge in [-0.1, -0.05) is 29.8 Å². The highest BCUT2D eigenvalue weighted by atomic mass is 35.5. The van der Waals surface area contributed by atoms with Crippen LogP contribution in [0.5, 0.6) is 0 Å². The monoisotopic (exact) mass is 304 g/mol. The molecule has 0 aliphatic heterocycles. The van der Waals surface area contributed by atoms with Gasteiger partial charge >= 0.3 is 5.97 Å². The van der Waals surface area contributed by atoms with Gasteiger partial charge in [0.1, 0.15) is 5.69 Å². The number of nitrogens with one attached hydrogen (secondary N) is 1. The largest absolute Gasteiger partial charge is 0.481 e. The molecule has 2 rings (SSSR count). The van der Waals surface area contributed by atoms with Crippen molar-refractivity contribution in [3.05, 3.63) is 58.9 Å². The standard InChI is InChI=1S/C15H13ClN2O3/c16-11-6-7-13(17-9-11)15(21)18-12-4-2-1-3-10(12)5-8-14(19)20/h1-4,6-7,9H,5,8H2,(H,18,21)(H,19,20). The Hall–Kier alpha value is -2.40. The SMILES string of the molecule is O=C(O)CCc1ccccc1NC(=O)c1ccc(Cl)cn1. The van der Waals surface area contributed by atoms with Crippen LogP contribution in [0.15, 0.2) is 42.6 Å². The third-order valence-corrected chi connectivity index (χ3v) is 3.06. The minimum atomic E-state index is -0.879. The number of amides is 1. The summed E-state index contributed by atoms with van der Waals surface area (Å²) in [5, 5.41) is 11.9. The maximum Gasteiger partial charge on any atom is 0.303 e. The van der Waals surface area contributed by atoms with Crippen molar-refractivity contribution in [3.63, 3.8) is 0 Å². The maximum atomic E-state index is 12.1. The number of hydrogen-bond acceptors (Lipinski definition) is 3. The second kappa shape index (κ2) is 6.85. The van der Waals surface area contributed by atoms with Crippen LogP contribution in [-0.2, 0) is 11.2 Å². The number of carbonyl (C=O) groups excluding carboxylic acids is 1. The molecular formula is C15H13ClN2O3. The summed E-state index contributed by atoms with van der Waals surface area (Å²) in [6, 6.07) is 10.2. The smallest absolute Gasteiger partial charge is 0.303 e. The molecule has 1 aromatic carbocycles. The predicted octanol–water partition coefficient (Wildman–Crippen LogP) is 3.00. The van der Waals surface area contributed by atoms with Gasteiger partial charge in [-0.05, 0) is 30.2 Å². The summed E-state index contributed by atoms with van der Waals surface area (Å²) in [7, 11) is 0. The molecule has 0 radical (unpaired) electrons. The molecule has 2 N–H and O–H groups in total. The van der Waals surface area contributed by atoms with E-state index in [1.807, 2.05) is 0 Å². The van der Waals surface area contributed by atoms with Gasteiger partial charge < -0.3 is 10.4 Å². The van der Waals surface area contributed by atoms with E-state index < -0.39 is 5.97 Å². The van der Waals surface area contributed by atoms with Crippen LogP contribution in [-0.4, -0.2) is 22.0 Å². The third kappa shape index (κ3) is 4.29. The zero-order chi connectivity index (χ0) is 15.2. The molecule has 5 nitrogen and oxygen atoms in total. The lowest BCUT2D eigenvalue weighted by molar-refractivity contribution is -0.136. The molecule has 2 aromatic rings. The first-order chi connectivity index (χ1) is 10.1. The van der Waals surface area contributed by atoms with Crippen LogP contribution in [0.4, 0.5) is 5.69 Å². The second-order valence-electron chi connectivity index (χ2n) is 4.37. The van der Waals surface area contributed by atoms with Gasteiger partial charge in [0.15, 0.2) is 0 Å². The molecule has 1 aromatic heterocycles. The van der Waals surface area contributed by atoms with Gasteiger partial charge in [0, 0.05) is 18.3 Å². The van der Waals surface area contributed by atoms with Gasteiger partial charge in [0.05, 0.1) is 5.02 Å². The molecule has 0 atom stereocenters.